The Hall–Kier alpha value is -1.63. The van der Waals surface area contributed by atoms with Crippen LogP contribution in [0.25, 0.3) is 5.70 Å². The third-order valence-corrected chi connectivity index (χ3v) is 7.10. The fourth-order valence-corrected chi connectivity index (χ4v) is 5.74. The molecule has 1 unspecified atom stereocenters. The summed E-state index contributed by atoms with van der Waals surface area (Å²) < 4.78 is 7.16. The lowest BCUT2D eigenvalue weighted by Crippen LogP contribution is -2.23. The molecule has 0 bridgehead atoms. The molecular weight excluding hydrogens is 359 g/mol. The van der Waals surface area contributed by atoms with Crippen LogP contribution in [0.4, 0.5) is 5.69 Å². The zero-order valence-corrected chi connectivity index (χ0v) is 16.8. The zero-order chi connectivity index (χ0) is 17.9. The van der Waals surface area contributed by atoms with E-state index < -0.39 is 7.58 Å². The molecule has 2 aromatic rings. The van der Waals surface area contributed by atoms with Gasteiger partial charge in [-0.2, -0.15) is 0 Å². The van der Waals surface area contributed by atoms with Crippen molar-refractivity contribution in [2.45, 2.75) is 39.0 Å². The van der Waals surface area contributed by atoms with Crippen LogP contribution in [0.3, 0.4) is 0 Å². The Kier molecular flexibility index (Phi) is 5.43. The topological polar surface area (TPSA) is 15.6 Å². The van der Waals surface area contributed by atoms with Crippen LogP contribution in [0.15, 0.2) is 65.4 Å². The molecule has 26 heavy (non-hydrogen) atoms. The van der Waals surface area contributed by atoms with E-state index in [-0.39, 0.29) is 0 Å². The maximum atomic E-state index is 6.88. The average molecular weight is 383 g/mol. The Morgan fingerprint density at radius 3 is 2.35 bits per heavy atom. The lowest BCUT2D eigenvalue weighted by Gasteiger charge is -2.34. The average Bonchev–Trinajstić information content (AvgIpc) is 2.70. The lowest BCUT2D eigenvalue weighted by molar-refractivity contribution is 0.441. The Morgan fingerprint density at radius 2 is 1.65 bits per heavy atom. The molecule has 0 radical (unpaired) electrons. The van der Waals surface area contributed by atoms with Crippen molar-refractivity contribution in [3.8, 4) is 0 Å². The minimum absolute atomic E-state index is 0.561. The van der Waals surface area contributed by atoms with Crippen LogP contribution >= 0.6 is 18.8 Å². The SMILES string of the molecule is Cc1ccc(N2C(c3ccccc3)=CC(C3CCCCC3)=NP2Cl)cc1. The van der Waals surface area contributed by atoms with E-state index in [0.717, 1.165) is 5.69 Å². The fraction of sp³-hybridized carbons (Fsp3) is 0.318. The quantitative estimate of drug-likeness (QED) is 0.507. The van der Waals surface area contributed by atoms with Gasteiger partial charge in [0.1, 0.15) is 0 Å². The van der Waals surface area contributed by atoms with Gasteiger partial charge in [-0.1, -0.05) is 67.3 Å². The first-order chi connectivity index (χ1) is 12.7. The number of allylic oxidation sites excluding steroid dienone is 1. The highest BCUT2D eigenvalue weighted by molar-refractivity contribution is 7.84. The molecule has 4 rings (SSSR count). The Balaban J connectivity index is 1.75. The van der Waals surface area contributed by atoms with Gasteiger partial charge in [0.25, 0.3) is 0 Å². The molecule has 1 aliphatic heterocycles. The van der Waals surface area contributed by atoms with E-state index in [4.69, 9.17) is 16.0 Å². The molecule has 0 N–H and O–H groups in total. The van der Waals surface area contributed by atoms with Crippen molar-refractivity contribution in [2.75, 3.05) is 4.67 Å². The molecule has 0 spiro atoms. The maximum absolute atomic E-state index is 6.88. The van der Waals surface area contributed by atoms with Crippen LogP contribution in [0, 0.1) is 12.8 Å². The molecular formula is C22H24ClN2P. The molecule has 134 valence electrons. The lowest BCUT2D eigenvalue weighted by atomic mass is 9.85. The standard InChI is InChI=1S/C22H24ClN2P/c1-17-12-14-20(15-13-17)25-22(19-10-6-3-7-11-19)16-21(24-26(25)23)18-8-4-2-5-9-18/h3,6-7,10-16,18H,2,4-5,8-9H2,1H3. The van der Waals surface area contributed by atoms with Crippen molar-refractivity contribution in [1.29, 1.82) is 0 Å². The molecule has 2 aliphatic rings. The summed E-state index contributed by atoms with van der Waals surface area (Å²) in [7, 11) is -1.14. The maximum Gasteiger partial charge on any atom is 0.222 e. The molecule has 4 heteroatoms. The minimum atomic E-state index is -1.14. The second-order valence-electron chi connectivity index (χ2n) is 7.14. The highest BCUT2D eigenvalue weighted by Crippen LogP contribution is 2.56. The van der Waals surface area contributed by atoms with Crippen molar-refractivity contribution in [1.82, 2.24) is 0 Å². The summed E-state index contributed by atoms with van der Waals surface area (Å²) in [6.45, 7) is 2.11. The Bertz CT molecular complexity index is 808. The normalized spacial score (nSPS) is 21.3. The molecule has 2 aromatic carbocycles. The predicted octanol–water partition coefficient (Wildman–Crippen LogP) is 7.34. The van der Waals surface area contributed by atoms with Gasteiger partial charge < -0.3 is 0 Å². The first kappa shape index (κ1) is 17.8. The summed E-state index contributed by atoms with van der Waals surface area (Å²) in [6.07, 6.45) is 8.72. The van der Waals surface area contributed by atoms with Crippen LogP contribution in [-0.2, 0) is 0 Å². The number of hydrogen-bond acceptors (Lipinski definition) is 2. The highest BCUT2D eigenvalue weighted by Gasteiger charge is 2.30. The molecule has 1 heterocycles. The van der Waals surface area contributed by atoms with E-state index in [1.807, 2.05) is 0 Å². The summed E-state index contributed by atoms with van der Waals surface area (Å²) >= 11 is 6.88. The van der Waals surface area contributed by atoms with Gasteiger partial charge in [0, 0.05) is 17.3 Å². The van der Waals surface area contributed by atoms with Crippen molar-refractivity contribution in [3.63, 3.8) is 0 Å². The van der Waals surface area contributed by atoms with E-state index in [2.05, 4.69) is 72.3 Å². The number of rotatable bonds is 3. The van der Waals surface area contributed by atoms with E-state index in [1.165, 1.54) is 54.6 Å². The van der Waals surface area contributed by atoms with E-state index in [0.29, 0.717) is 5.92 Å². The van der Waals surface area contributed by atoms with E-state index in [1.54, 1.807) is 0 Å². The third-order valence-electron chi connectivity index (χ3n) is 5.25. The van der Waals surface area contributed by atoms with Gasteiger partial charge in [-0.3, -0.25) is 4.67 Å². The summed E-state index contributed by atoms with van der Waals surface area (Å²) in [6, 6.07) is 19.1. The van der Waals surface area contributed by atoms with Gasteiger partial charge in [0.05, 0.1) is 5.70 Å². The van der Waals surface area contributed by atoms with Crippen molar-refractivity contribution >= 4 is 35.9 Å². The van der Waals surface area contributed by atoms with Crippen LogP contribution in [0.5, 0.6) is 0 Å². The second-order valence-corrected chi connectivity index (χ2v) is 9.13. The number of anilines is 1. The number of hydrogen-bond donors (Lipinski definition) is 0. The zero-order valence-electron chi connectivity index (χ0n) is 15.1. The minimum Gasteiger partial charge on any atom is -0.288 e. The predicted molar refractivity (Wildman–Crippen MR) is 115 cm³/mol. The largest absolute Gasteiger partial charge is 0.288 e. The first-order valence-corrected chi connectivity index (χ1v) is 11.6. The molecule has 0 saturated heterocycles. The Labute approximate surface area is 162 Å². The van der Waals surface area contributed by atoms with Gasteiger partial charge in [-0.25, -0.2) is 4.76 Å². The van der Waals surface area contributed by atoms with E-state index >= 15 is 0 Å². The van der Waals surface area contributed by atoms with Gasteiger partial charge in [0.2, 0.25) is 7.58 Å². The van der Waals surface area contributed by atoms with Crippen LogP contribution < -0.4 is 4.67 Å². The molecule has 0 amide bonds. The van der Waals surface area contributed by atoms with Gasteiger partial charge >= 0.3 is 0 Å². The van der Waals surface area contributed by atoms with Gasteiger partial charge in [-0.15, -0.1) is 0 Å². The summed E-state index contributed by atoms with van der Waals surface area (Å²) in [4.78, 5) is 0. The van der Waals surface area contributed by atoms with Crippen molar-refractivity contribution < 1.29 is 0 Å². The number of halogens is 1. The number of aryl methyl sites for hydroxylation is 1. The smallest absolute Gasteiger partial charge is 0.222 e. The second kappa shape index (κ2) is 7.94. The third kappa shape index (κ3) is 3.72. The van der Waals surface area contributed by atoms with Gasteiger partial charge in [-0.05, 0) is 54.8 Å². The summed E-state index contributed by atoms with van der Waals surface area (Å²) in [5, 5.41) is 0. The van der Waals surface area contributed by atoms with E-state index in [9.17, 15) is 0 Å². The molecule has 1 fully saturated rings. The fourth-order valence-electron chi connectivity index (χ4n) is 3.79. The number of benzene rings is 2. The monoisotopic (exact) mass is 382 g/mol. The number of nitrogens with zero attached hydrogens (tertiary/aromatic N) is 2. The van der Waals surface area contributed by atoms with Gasteiger partial charge in [0.15, 0.2) is 0 Å². The Morgan fingerprint density at radius 1 is 0.962 bits per heavy atom. The van der Waals surface area contributed by atoms with Crippen molar-refractivity contribution in [2.24, 2.45) is 10.7 Å². The first-order valence-electron chi connectivity index (χ1n) is 9.40. The van der Waals surface area contributed by atoms with Crippen LogP contribution in [0.1, 0.15) is 43.2 Å². The van der Waals surface area contributed by atoms with Crippen LogP contribution in [-0.4, -0.2) is 5.71 Å². The van der Waals surface area contributed by atoms with Crippen molar-refractivity contribution in [3.05, 3.63) is 71.8 Å². The summed E-state index contributed by atoms with van der Waals surface area (Å²) in [5.41, 5.74) is 5.93. The molecule has 1 atom stereocenters. The molecule has 1 saturated carbocycles. The molecule has 2 nitrogen and oxygen atoms in total. The molecule has 0 aromatic heterocycles. The summed E-state index contributed by atoms with van der Waals surface area (Å²) in [5.74, 6) is 0.561. The van der Waals surface area contributed by atoms with Crippen LogP contribution in [0.2, 0.25) is 0 Å². The highest BCUT2D eigenvalue weighted by atomic mass is 35.7. The molecule has 1 aliphatic carbocycles.